The van der Waals surface area contributed by atoms with Gasteiger partial charge in [0.25, 0.3) is 17.7 Å². The van der Waals surface area contributed by atoms with E-state index in [2.05, 4.69) is 30.4 Å². The van der Waals surface area contributed by atoms with Crippen LogP contribution in [0.1, 0.15) is 75.3 Å². The van der Waals surface area contributed by atoms with E-state index in [-0.39, 0.29) is 53.4 Å². The number of carbonyl (C=O) groups is 5. The molecular weight excluding hydrogens is 769 g/mol. The number of amides is 5. The molecule has 3 unspecified atom stereocenters. The van der Waals surface area contributed by atoms with Crippen molar-refractivity contribution in [2.75, 3.05) is 55.6 Å². The number of benzene rings is 2. The molecule has 0 spiro atoms. The maximum atomic E-state index is 15.5. The number of hydrogen-bond acceptors (Lipinski definition) is 12. The van der Waals surface area contributed by atoms with Gasteiger partial charge >= 0.3 is 0 Å². The second-order valence-corrected chi connectivity index (χ2v) is 16.7. The third-order valence-corrected chi connectivity index (χ3v) is 12.8. The number of anilines is 2. The van der Waals surface area contributed by atoms with Crippen LogP contribution in [0.5, 0.6) is 5.75 Å². The van der Waals surface area contributed by atoms with Crippen LogP contribution in [0.4, 0.5) is 15.9 Å². The fraction of sp³-hybridized carbons (Fsp3) is 0.463. The number of imide groups is 2. The number of piperidine rings is 1. The zero-order valence-electron chi connectivity index (χ0n) is 31.5. The van der Waals surface area contributed by atoms with E-state index in [9.17, 15) is 24.0 Å². The molecule has 5 fully saturated rings. The molecule has 4 saturated heterocycles. The van der Waals surface area contributed by atoms with Crippen LogP contribution in [-0.4, -0.2) is 113 Å². The molecule has 1 aromatic heterocycles. The minimum absolute atomic E-state index is 0.00664. The summed E-state index contributed by atoms with van der Waals surface area (Å²) >= 11 is 6.14. The highest BCUT2D eigenvalue weighted by molar-refractivity contribution is 6.31. The zero-order valence-corrected chi connectivity index (χ0v) is 32.3. The molecule has 15 nitrogen and oxygen atoms in total. The molecule has 0 radical (unpaired) electrons. The molecule has 6 heterocycles. The van der Waals surface area contributed by atoms with Crippen molar-refractivity contribution in [2.24, 2.45) is 17.8 Å². The Kier molecular flexibility index (Phi) is 9.97. The molecule has 1 aliphatic carbocycles. The van der Waals surface area contributed by atoms with Crippen LogP contribution in [0, 0.1) is 34.9 Å². The number of fused-ring (bicyclic) bond motifs is 2. The fourth-order valence-electron chi connectivity index (χ4n) is 9.43. The van der Waals surface area contributed by atoms with Gasteiger partial charge in [0.2, 0.25) is 11.8 Å². The van der Waals surface area contributed by atoms with E-state index in [1.54, 1.807) is 24.4 Å². The third-order valence-electron chi connectivity index (χ3n) is 12.5. The minimum Gasteiger partial charge on any atom is -0.490 e. The molecule has 5 amide bonds. The van der Waals surface area contributed by atoms with Gasteiger partial charge in [-0.05, 0) is 68.2 Å². The highest BCUT2D eigenvalue weighted by Gasteiger charge is 2.47. The van der Waals surface area contributed by atoms with Gasteiger partial charge in [-0.15, -0.1) is 0 Å². The highest BCUT2D eigenvalue weighted by atomic mass is 35.5. The van der Waals surface area contributed by atoms with Gasteiger partial charge in [-0.1, -0.05) is 11.6 Å². The summed E-state index contributed by atoms with van der Waals surface area (Å²) in [5.41, 5.74) is 0.985. The number of likely N-dealkylation sites (tertiary alicyclic amines) is 1. The molecule has 17 heteroatoms. The molecule has 3 atom stereocenters. The van der Waals surface area contributed by atoms with Gasteiger partial charge in [-0.2, -0.15) is 5.26 Å². The van der Waals surface area contributed by atoms with Gasteiger partial charge in [0.1, 0.15) is 35.2 Å². The highest BCUT2D eigenvalue weighted by Crippen LogP contribution is 2.39. The minimum atomic E-state index is -1.10. The van der Waals surface area contributed by atoms with Crippen molar-refractivity contribution in [3.63, 3.8) is 0 Å². The van der Waals surface area contributed by atoms with Gasteiger partial charge < -0.3 is 24.8 Å². The van der Waals surface area contributed by atoms with Gasteiger partial charge in [0.15, 0.2) is 0 Å². The number of halogens is 2. The number of nitrogens with zero attached hydrogens (tertiary/aromatic N) is 7. The Hall–Kier alpha value is -5.66. The fourth-order valence-corrected chi connectivity index (χ4v) is 9.65. The van der Waals surface area contributed by atoms with Crippen LogP contribution in [0.25, 0.3) is 0 Å². The summed E-state index contributed by atoms with van der Waals surface area (Å²) in [7, 11) is 0. The van der Waals surface area contributed by atoms with E-state index in [1.807, 2.05) is 11.0 Å². The molecule has 2 N–H and O–H groups in total. The summed E-state index contributed by atoms with van der Waals surface area (Å²) in [4.78, 5) is 79.9. The monoisotopic (exact) mass is 809 g/mol. The average Bonchev–Trinajstić information content (AvgIpc) is 3.83. The second kappa shape index (κ2) is 15.3. The number of ether oxygens (including phenoxy) is 1. The van der Waals surface area contributed by atoms with Crippen molar-refractivity contribution in [2.45, 2.75) is 56.7 Å². The molecule has 2 aromatic carbocycles. The van der Waals surface area contributed by atoms with Crippen LogP contribution in [0.2, 0.25) is 5.02 Å². The lowest BCUT2D eigenvalue weighted by Crippen LogP contribution is -2.54. The summed E-state index contributed by atoms with van der Waals surface area (Å²) < 4.78 is 21.6. The average molecular weight is 810 g/mol. The number of rotatable bonds is 9. The van der Waals surface area contributed by atoms with Crippen LogP contribution < -0.4 is 25.2 Å². The number of nitrogens with one attached hydrogen (secondary N) is 2. The molecule has 9 rings (SSSR count). The number of carbonyl (C=O) groups excluding carboxylic acids is 5. The van der Waals surface area contributed by atoms with Gasteiger partial charge in [-0.3, -0.25) is 34.2 Å². The summed E-state index contributed by atoms with van der Waals surface area (Å²) in [5.74, 6) is -0.853. The van der Waals surface area contributed by atoms with Crippen molar-refractivity contribution >= 4 is 52.6 Å². The van der Waals surface area contributed by atoms with Gasteiger partial charge in [0, 0.05) is 70.3 Å². The van der Waals surface area contributed by atoms with E-state index < -0.39 is 35.5 Å². The van der Waals surface area contributed by atoms with Crippen LogP contribution in [0.3, 0.4) is 0 Å². The maximum absolute atomic E-state index is 15.5. The number of nitriles is 1. The van der Waals surface area contributed by atoms with Crippen LogP contribution in [0.15, 0.2) is 42.7 Å². The molecule has 58 heavy (non-hydrogen) atoms. The predicted octanol–water partition coefficient (Wildman–Crippen LogP) is 3.17. The number of hydrogen-bond donors (Lipinski definition) is 2. The van der Waals surface area contributed by atoms with Crippen molar-refractivity contribution < 1.29 is 33.1 Å². The zero-order chi connectivity index (χ0) is 40.2. The van der Waals surface area contributed by atoms with E-state index in [4.69, 9.17) is 21.6 Å². The summed E-state index contributed by atoms with van der Waals surface area (Å²) in [6.07, 6.45) is 6.34. The van der Waals surface area contributed by atoms with Crippen molar-refractivity contribution in [1.82, 2.24) is 30.4 Å². The molecule has 300 valence electrons. The Labute approximate surface area is 338 Å². The van der Waals surface area contributed by atoms with Crippen molar-refractivity contribution in [3.05, 3.63) is 75.9 Å². The van der Waals surface area contributed by atoms with E-state index in [0.29, 0.717) is 47.2 Å². The summed E-state index contributed by atoms with van der Waals surface area (Å²) in [6, 6.07) is 8.56. The number of aromatic nitrogens is 2. The summed E-state index contributed by atoms with van der Waals surface area (Å²) in [5, 5.41) is 14.7. The Bertz CT molecular complexity index is 2230. The first-order chi connectivity index (χ1) is 28.0. The van der Waals surface area contributed by atoms with Crippen molar-refractivity contribution in [3.8, 4) is 11.8 Å². The van der Waals surface area contributed by atoms with Crippen molar-refractivity contribution in [1.29, 1.82) is 5.26 Å². The maximum Gasteiger partial charge on any atom is 0.271 e. The first kappa shape index (κ1) is 37.9. The SMILES string of the molecule is N#Cc1ccc(O[C@H]2CC[C@H](NC(=O)c3cnc(N4CC(CN5CC6CN(c7cc8c(cc7F)C(=O)N(C7CCC(=O)NC7=O)C8=O)CC6C5)C4)cn3)CC2)cc1Cl. The standard InChI is InChI=1S/C41H41ClFN9O6/c42-31-9-28(4-1-23(31)12-44)58-27-5-2-26(3-6-27)47-38(54)33-13-46-36(14-45-33)51-16-22(17-51)15-49-18-24-20-50(21-25(24)19-49)35-11-30-29(10-32(35)43)40(56)52(41(30)57)34-7-8-37(53)48-39(34)55/h1,4,9-11,13-14,22,24-27,34H,2-3,5-8,15-21H2,(H,47,54)(H,48,53,55)/t24?,25?,26-,27-,34?. The Balaban J connectivity index is 0.711. The van der Waals surface area contributed by atoms with Gasteiger partial charge in [0.05, 0.1) is 45.9 Å². The Morgan fingerprint density at radius 2 is 1.64 bits per heavy atom. The van der Waals surface area contributed by atoms with E-state index >= 15 is 4.39 Å². The lowest BCUT2D eigenvalue weighted by Gasteiger charge is -2.41. The Morgan fingerprint density at radius 3 is 2.29 bits per heavy atom. The predicted molar refractivity (Wildman–Crippen MR) is 207 cm³/mol. The summed E-state index contributed by atoms with van der Waals surface area (Å²) in [6.45, 7) is 5.64. The Morgan fingerprint density at radius 1 is 0.914 bits per heavy atom. The van der Waals surface area contributed by atoms with E-state index in [0.717, 1.165) is 75.2 Å². The first-order valence-corrected chi connectivity index (χ1v) is 20.2. The normalized spacial score (nSPS) is 25.9. The lowest BCUT2D eigenvalue weighted by molar-refractivity contribution is -0.136. The second-order valence-electron chi connectivity index (χ2n) is 16.3. The largest absolute Gasteiger partial charge is 0.490 e. The first-order valence-electron chi connectivity index (χ1n) is 19.8. The molecule has 1 saturated carbocycles. The third kappa shape index (κ3) is 7.21. The topological polar surface area (TPSA) is 181 Å². The van der Waals surface area contributed by atoms with Crippen LogP contribution >= 0.6 is 11.6 Å². The molecule has 5 aliphatic heterocycles. The lowest BCUT2D eigenvalue weighted by atomic mass is 9.93. The van der Waals surface area contributed by atoms with Crippen LogP contribution in [-0.2, 0) is 9.59 Å². The molecule has 3 aromatic rings. The molecule has 0 bridgehead atoms. The molecule has 6 aliphatic rings. The van der Waals surface area contributed by atoms with Gasteiger partial charge in [-0.25, -0.2) is 14.4 Å². The van der Waals surface area contributed by atoms with E-state index in [1.165, 1.54) is 12.3 Å². The quantitative estimate of drug-likeness (QED) is 0.302. The smallest absolute Gasteiger partial charge is 0.271 e. The molecular formula is C41H41ClFN9O6.